The van der Waals surface area contributed by atoms with Crippen LogP contribution in [0, 0.1) is 22.7 Å². The summed E-state index contributed by atoms with van der Waals surface area (Å²) in [6.07, 6.45) is 8.35. The van der Waals surface area contributed by atoms with Gasteiger partial charge in [0, 0.05) is 54.6 Å². The molecule has 0 spiro atoms. The highest BCUT2D eigenvalue weighted by molar-refractivity contribution is 6.29. The number of carboxylic acid groups (broad SMARTS) is 1. The van der Waals surface area contributed by atoms with Crippen LogP contribution in [-0.4, -0.2) is 48.6 Å². The largest absolute Gasteiger partial charge is 0.481 e. The third-order valence-electron chi connectivity index (χ3n) is 12.5. The third kappa shape index (κ3) is 12.4. The van der Waals surface area contributed by atoms with Crippen LogP contribution in [0.15, 0.2) is 121 Å². The van der Waals surface area contributed by atoms with Gasteiger partial charge in [-0.15, -0.1) is 0 Å². The monoisotopic (exact) mass is 830 g/mol. The second kappa shape index (κ2) is 21.8. The van der Waals surface area contributed by atoms with Crippen LogP contribution in [0.1, 0.15) is 88.2 Å². The first-order valence-electron chi connectivity index (χ1n) is 21.2. The Balaban J connectivity index is 0.000000228. The van der Waals surface area contributed by atoms with Gasteiger partial charge in [-0.05, 0) is 78.3 Å². The summed E-state index contributed by atoms with van der Waals surface area (Å²) in [7, 11) is 3.20. The van der Waals surface area contributed by atoms with E-state index in [1.165, 1.54) is 0 Å². The molecular formula is C51H59ClN2O6. The predicted octanol–water partition coefficient (Wildman–Crippen LogP) is 10.2. The Morgan fingerprint density at radius 1 is 0.567 bits per heavy atom. The van der Waals surface area contributed by atoms with Crippen LogP contribution < -0.4 is 10.6 Å². The fourth-order valence-electron chi connectivity index (χ4n) is 9.17. The maximum Gasteiger partial charge on any atom is 0.304 e. The van der Waals surface area contributed by atoms with E-state index in [1.54, 1.807) is 14.1 Å². The molecule has 2 saturated carbocycles. The average Bonchev–Trinajstić information content (AvgIpc) is 3.95. The first-order valence-corrected chi connectivity index (χ1v) is 21.6. The van der Waals surface area contributed by atoms with Gasteiger partial charge < -0.3 is 15.7 Å². The van der Waals surface area contributed by atoms with Gasteiger partial charge in [-0.3, -0.25) is 24.0 Å². The van der Waals surface area contributed by atoms with Gasteiger partial charge in [-0.1, -0.05) is 153 Å². The Bertz CT molecular complexity index is 1920. The Hall–Kier alpha value is -5.34. The molecule has 0 saturated heterocycles. The molecule has 60 heavy (non-hydrogen) atoms. The van der Waals surface area contributed by atoms with E-state index in [0.29, 0.717) is 37.1 Å². The molecule has 4 aromatic carbocycles. The first-order chi connectivity index (χ1) is 28.9. The van der Waals surface area contributed by atoms with E-state index in [-0.39, 0.29) is 48.6 Å². The highest BCUT2D eigenvalue weighted by atomic mass is 35.5. The summed E-state index contributed by atoms with van der Waals surface area (Å²) in [5.41, 5.74) is 5.30. The van der Waals surface area contributed by atoms with Crippen molar-refractivity contribution in [3.63, 3.8) is 0 Å². The van der Waals surface area contributed by atoms with Crippen molar-refractivity contribution < 1.29 is 29.1 Å². The van der Waals surface area contributed by atoms with E-state index in [2.05, 4.69) is 53.6 Å². The minimum Gasteiger partial charge on any atom is -0.481 e. The molecule has 9 heteroatoms. The van der Waals surface area contributed by atoms with E-state index in [1.807, 2.05) is 72.8 Å². The molecule has 3 N–H and O–H groups in total. The minimum absolute atomic E-state index is 0.0768. The number of benzene rings is 4. The number of allylic oxidation sites excluding steroid dienone is 1. The van der Waals surface area contributed by atoms with E-state index >= 15 is 0 Å². The fraction of sp³-hybridized carbons (Fsp3) is 0.392. The third-order valence-corrected chi connectivity index (χ3v) is 12.6. The zero-order valence-corrected chi connectivity index (χ0v) is 35.8. The molecule has 0 aliphatic heterocycles. The van der Waals surface area contributed by atoms with Crippen LogP contribution in [0.3, 0.4) is 0 Å². The number of carboxylic acids is 1. The lowest BCUT2D eigenvalue weighted by Crippen LogP contribution is -2.37. The zero-order valence-electron chi connectivity index (χ0n) is 35.0. The van der Waals surface area contributed by atoms with Crippen LogP contribution in [-0.2, 0) is 36.8 Å². The van der Waals surface area contributed by atoms with Gasteiger partial charge in [0.2, 0.25) is 11.8 Å². The van der Waals surface area contributed by atoms with Crippen molar-refractivity contribution in [1.82, 2.24) is 10.6 Å². The summed E-state index contributed by atoms with van der Waals surface area (Å²) in [5, 5.41) is 15.2. The van der Waals surface area contributed by atoms with Gasteiger partial charge in [0.1, 0.15) is 11.6 Å². The highest BCUT2D eigenvalue weighted by Crippen LogP contribution is 2.46. The van der Waals surface area contributed by atoms with Crippen molar-refractivity contribution in [2.45, 2.75) is 89.9 Å². The van der Waals surface area contributed by atoms with Crippen LogP contribution in [0.5, 0.6) is 0 Å². The molecule has 2 aliphatic rings. The van der Waals surface area contributed by atoms with E-state index < -0.39 is 22.7 Å². The number of rotatable bonds is 18. The van der Waals surface area contributed by atoms with E-state index in [9.17, 15) is 29.1 Å². The molecule has 0 aromatic heterocycles. The summed E-state index contributed by atoms with van der Waals surface area (Å²) >= 11 is 6.09. The average molecular weight is 831 g/mol. The number of halogens is 1. The number of ketones is 2. The van der Waals surface area contributed by atoms with Crippen molar-refractivity contribution in [1.29, 1.82) is 0 Å². The molecule has 8 nitrogen and oxygen atoms in total. The summed E-state index contributed by atoms with van der Waals surface area (Å²) in [6, 6.07) is 36.5. The molecule has 2 amide bonds. The van der Waals surface area contributed by atoms with Crippen LogP contribution in [0.2, 0.25) is 0 Å². The van der Waals surface area contributed by atoms with Gasteiger partial charge in [0.25, 0.3) is 0 Å². The molecule has 2 atom stereocenters. The molecule has 0 unspecified atom stereocenters. The molecule has 4 aromatic rings. The maximum absolute atomic E-state index is 13.3. The smallest absolute Gasteiger partial charge is 0.304 e. The molecular weight excluding hydrogens is 772 g/mol. The molecule has 2 aliphatic carbocycles. The molecule has 0 bridgehead atoms. The lowest BCUT2D eigenvalue weighted by molar-refractivity contribution is -0.145. The number of carbonyl (C=O) groups excluding carboxylic acids is 4. The SMILES string of the molecule is C=C(Cl)CC1(C(=O)C[C@@H](Cc2ccc(-c3ccccc3)cc2)C(=O)NC)CCCC1.CNC(=O)[C@@H](CC(=O)C1(CC(=O)O)CCCC1)Cc1ccc(-c2ccccc2)cc1. The van der Waals surface area contributed by atoms with Crippen LogP contribution >= 0.6 is 11.6 Å². The van der Waals surface area contributed by atoms with Gasteiger partial charge >= 0.3 is 5.97 Å². The molecule has 2 fully saturated rings. The number of aliphatic carboxylic acids is 1. The fourth-order valence-corrected chi connectivity index (χ4v) is 9.43. The highest BCUT2D eigenvalue weighted by Gasteiger charge is 2.44. The van der Waals surface area contributed by atoms with Gasteiger partial charge in [0.15, 0.2) is 0 Å². The molecule has 0 radical (unpaired) electrons. The van der Waals surface area contributed by atoms with Crippen LogP contribution in [0.4, 0.5) is 0 Å². The van der Waals surface area contributed by atoms with E-state index in [0.717, 1.165) is 71.9 Å². The van der Waals surface area contributed by atoms with Crippen molar-refractivity contribution in [2.75, 3.05) is 14.1 Å². The second-order valence-corrected chi connectivity index (χ2v) is 17.2. The summed E-state index contributed by atoms with van der Waals surface area (Å²) in [5.74, 6) is -2.04. The Kier molecular flexibility index (Phi) is 16.6. The molecule has 316 valence electrons. The predicted molar refractivity (Wildman–Crippen MR) is 239 cm³/mol. The van der Waals surface area contributed by atoms with E-state index in [4.69, 9.17) is 11.6 Å². The summed E-state index contributed by atoms with van der Waals surface area (Å²) < 4.78 is 0. The summed E-state index contributed by atoms with van der Waals surface area (Å²) in [4.78, 5) is 62.8. The molecule has 6 rings (SSSR count). The van der Waals surface area contributed by atoms with Crippen molar-refractivity contribution in [3.8, 4) is 22.3 Å². The number of Topliss-reactive ketones (excluding diaryl/α,β-unsaturated/α-hetero) is 2. The lowest BCUT2D eigenvalue weighted by atomic mass is 9.74. The van der Waals surface area contributed by atoms with Gasteiger partial charge in [-0.25, -0.2) is 0 Å². The number of hydrogen-bond donors (Lipinski definition) is 3. The molecule has 0 heterocycles. The first kappa shape index (κ1) is 45.7. The zero-order chi connectivity index (χ0) is 43.1. The quantitative estimate of drug-likeness (QED) is 0.0916. The summed E-state index contributed by atoms with van der Waals surface area (Å²) in [6.45, 7) is 3.81. The lowest BCUT2D eigenvalue weighted by Gasteiger charge is -2.29. The van der Waals surface area contributed by atoms with Gasteiger partial charge in [-0.2, -0.15) is 0 Å². The van der Waals surface area contributed by atoms with Crippen molar-refractivity contribution in [3.05, 3.63) is 132 Å². The maximum atomic E-state index is 13.3. The Morgan fingerprint density at radius 3 is 1.22 bits per heavy atom. The van der Waals surface area contributed by atoms with Gasteiger partial charge in [0.05, 0.1) is 6.42 Å². The van der Waals surface area contributed by atoms with Crippen molar-refractivity contribution >= 4 is 41.0 Å². The van der Waals surface area contributed by atoms with Crippen molar-refractivity contribution in [2.24, 2.45) is 22.7 Å². The van der Waals surface area contributed by atoms with Crippen LogP contribution in [0.25, 0.3) is 22.3 Å². The number of amides is 2. The Morgan fingerprint density at radius 2 is 0.900 bits per heavy atom. The number of nitrogens with one attached hydrogen (secondary N) is 2. The number of hydrogen-bond acceptors (Lipinski definition) is 5. The number of carbonyl (C=O) groups is 5. The normalized spacial score (nSPS) is 16.1. The topological polar surface area (TPSA) is 130 Å². The standard InChI is InChI=1S/C26H30ClNO2.C25H29NO4/c1-19(27)18-26(14-6-7-15-26)24(29)17-23(25(30)28-2)16-20-10-12-22(13-11-20)21-8-4-3-5-9-21;1-26-24(30)21(16-22(27)25(17-23(28)29)13-5-6-14-25)15-18-9-11-20(12-10-18)19-7-3-2-4-8-19/h3-5,8-13,23H,1,6-7,14-18H2,2H3,(H,28,30);2-4,7-12,21H,5-6,13-17H2,1H3,(H,26,30)(H,28,29)/t23-;21-/m11/s1. The minimum atomic E-state index is -0.946. The second-order valence-electron chi connectivity index (χ2n) is 16.7. The Labute approximate surface area is 360 Å².